The van der Waals surface area contributed by atoms with Crippen molar-refractivity contribution >= 4 is 39.7 Å². The van der Waals surface area contributed by atoms with Crippen LogP contribution in [0, 0.1) is 6.92 Å². The van der Waals surface area contributed by atoms with Crippen LogP contribution in [0.15, 0.2) is 72.1 Å². The average molecular weight is 507 g/mol. The maximum absolute atomic E-state index is 12.8. The molecule has 2 saturated heterocycles. The minimum absolute atomic E-state index is 0.0673. The molecule has 0 unspecified atom stereocenters. The molecule has 2 aromatic heterocycles. The van der Waals surface area contributed by atoms with Gasteiger partial charge in [0.2, 0.25) is 0 Å². The summed E-state index contributed by atoms with van der Waals surface area (Å²) in [5, 5.41) is 0. The Labute approximate surface area is 207 Å². The van der Waals surface area contributed by atoms with Crippen molar-refractivity contribution in [3.63, 3.8) is 0 Å². The fraction of sp³-hybridized carbons (Fsp3) is 0.261. The van der Waals surface area contributed by atoms with Crippen LogP contribution in [0.3, 0.4) is 0 Å². The number of nitrogen functional groups attached to an aromatic ring is 1. The van der Waals surface area contributed by atoms with Gasteiger partial charge in [0.15, 0.2) is 17.7 Å². The number of benzene rings is 2. The molecule has 2 aliphatic rings. The lowest BCUT2D eigenvalue weighted by Gasteiger charge is -2.20. The highest BCUT2D eigenvalue weighted by molar-refractivity contribution is 7.86. The van der Waals surface area contributed by atoms with E-state index in [0.29, 0.717) is 11.2 Å². The highest BCUT2D eigenvalue weighted by Crippen LogP contribution is 2.40. The number of rotatable bonds is 6. The molecule has 11 nitrogen and oxygen atoms in total. The molecule has 2 fully saturated rings. The topological polar surface area (TPSA) is 141 Å². The molecule has 13 heteroatoms. The normalized spacial score (nSPS) is 23.9. The zero-order valence-electron chi connectivity index (χ0n) is 19.2. The SMILES string of the molecule is Cc1ccc(S(=O)(=O)OC[C@H]2O[C@@H](n3cnc4c(N)ncnc43)[C@H]3OB(c4ccccc4)O[C@H]32)cc1. The third-order valence-corrected chi connectivity index (χ3v) is 7.57. The second-order valence-corrected chi connectivity index (χ2v) is 10.3. The Kier molecular flexibility index (Phi) is 5.73. The molecule has 0 bridgehead atoms. The monoisotopic (exact) mass is 507 g/mol. The van der Waals surface area contributed by atoms with E-state index < -0.39 is 41.8 Å². The summed E-state index contributed by atoms with van der Waals surface area (Å²) in [5.74, 6) is 0.239. The van der Waals surface area contributed by atoms with E-state index >= 15 is 0 Å². The van der Waals surface area contributed by atoms with Crippen molar-refractivity contribution in [1.29, 1.82) is 0 Å². The molecule has 36 heavy (non-hydrogen) atoms. The molecular weight excluding hydrogens is 485 g/mol. The van der Waals surface area contributed by atoms with E-state index in [0.717, 1.165) is 11.0 Å². The predicted molar refractivity (Wildman–Crippen MR) is 130 cm³/mol. The number of ether oxygens (including phenoxy) is 1. The van der Waals surface area contributed by atoms with E-state index in [-0.39, 0.29) is 17.3 Å². The van der Waals surface area contributed by atoms with Gasteiger partial charge in [-0.25, -0.2) is 15.0 Å². The first kappa shape index (κ1) is 23.1. The summed E-state index contributed by atoms with van der Waals surface area (Å²) < 4.78 is 51.4. The van der Waals surface area contributed by atoms with Crippen LogP contribution in [0.2, 0.25) is 0 Å². The lowest BCUT2D eigenvalue weighted by atomic mass is 9.79. The summed E-state index contributed by atoms with van der Waals surface area (Å²) in [7, 11) is -4.66. The van der Waals surface area contributed by atoms with Crippen LogP contribution in [0.1, 0.15) is 11.8 Å². The number of imidazole rings is 1. The van der Waals surface area contributed by atoms with E-state index in [2.05, 4.69) is 15.0 Å². The minimum Gasteiger partial charge on any atom is -0.399 e. The van der Waals surface area contributed by atoms with Crippen molar-refractivity contribution < 1.29 is 26.6 Å². The predicted octanol–water partition coefficient (Wildman–Crippen LogP) is 1.20. The van der Waals surface area contributed by atoms with E-state index in [1.807, 2.05) is 37.3 Å². The molecule has 6 rings (SSSR count). The molecule has 2 aliphatic heterocycles. The van der Waals surface area contributed by atoms with E-state index in [9.17, 15) is 8.42 Å². The fourth-order valence-electron chi connectivity index (χ4n) is 4.45. The van der Waals surface area contributed by atoms with Crippen molar-refractivity contribution in [1.82, 2.24) is 19.5 Å². The molecule has 0 saturated carbocycles. The summed E-state index contributed by atoms with van der Waals surface area (Å²) in [6, 6.07) is 15.9. The van der Waals surface area contributed by atoms with E-state index in [4.69, 9.17) is 24.0 Å². The van der Waals surface area contributed by atoms with Gasteiger partial charge in [0.1, 0.15) is 30.2 Å². The first-order valence-corrected chi connectivity index (χ1v) is 12.7. The lowest BCUT2D eigenvalue weighted by Crippen LogP contribution is -2.37. The second-order valence-electron chi connectivity index (χ2n) is 8.64. The Morgan fingerprint density at radius 2 is 1.78 bits per heavy atom. The Morgan fingerprint density at radius 3 is 2.56 bits per heavy atom. The number of aromatic nitrogens is 4. The van der Waals surface area contributed by atoms with Gasteiger partial charge >= 0.3 is 7.12 Å². The number of aryl methyl sites for hydroxylation is 1. The third kappa shape index (κ3) is 4.04. The summed E-state index contributed by atoms with van der Waals surface area (Å²) in [6.45, 7) is 1.62. The summed E-state index contributed by atoms with van der Waals surface area (Å²) >= 11 is 0. The number of hydrogen-bond acceptors (Lipinski definition) is 10. The molecule has 2 N–H and O–H groups in total. The van der Waals surface area contributed by atoms with Crippen LogP contribution in [0.25, 0.3) is 11.2 Å². The van der Waals surface area contributed by atoms with Crippen LogP contribution < -0.4 is 11.2 Å². The molecule has 0 spiro atoms. The van der Waals surface area contributed by atoms with Gasteiger partial charge in [-0.05, 0) is 24.5 Å². The molecule has 0 amide bonds. The quantitative estimate of drug-likeness (QED) is 0.299. The second kappa shape index (κ2) is 8.94. The molecule has 2 aromatic carbocycles. The third-order valence-electron chi connectivity index (χ3n) is 6.28. The minimum atomic E-state index is -4.00. The van der Waals surface area contributed by atoms with Crippen LogP contribution >= 0.6 is 0 Å². The van der Waals surface area contributed by atoms with Crippen LogP contribution in [-0.2, 0) is 28.3 Å². The Bertz CT molecular complexity index is 1500. The van der Waals surface area contributed by atoms with Crippen molar-refractivity contribution in [3.8, 4) is 0 Å². The number of nitrogens with two attached hydrogens (primary N) is 1. The Morgan fingerprint density at radius 1 is 1.03 bits per heavy atom. The van der Waals surface area contributed by atoms with Gasteiger partial charge in [-0.3, -0.25) is 8.75 Å². The smallest absolute Gasteiger partial charge is 0.399 e. The standard InChI is InChI=1S/C23H22BN5O6S/c1-14-7-9-16(10-8-14)36(30,31)32-11-17-19-20(35-24(34-19)15-5-3-2-4-6-15)23(33-17)29-13-28-18-21(25)26-12-27-22(18)29/h2-10,12-13,17,19-20,23H,11H2,1H3,(H2,25,26,27)/t17-,19+,20+,23-/m1/s1. The highest BCUT2D eigenvalue weighted by atomic mass is 32.2. The van der Waals surface area contributed by atoms with Gasteiger partial charge in [-0.2, -0.15) is 8.42 Å². The fourth-order valence-corrected chi connectivity index (χ4v) is 5.36. The van der Waals surface area contributed by atoms with Gasteiger partial charge in [0.05, 0.1) is 17.8 Å². The van der Waals surface area contributed by atoms with E-state index in [1.54, 1.807) is 23.0 Å². The van der Waals surface area contributed by atoms with Crippen molar-refractivity contribution in [2.24, 2.45) is 0 Å². The van der Waals surface area contributed by atoms with Crippen molar-refractivity contribution in [2.75, 3.05) is 12.3 Å². The van der Waals surface area contributed by atoms with Crippen molar-refractivity contribution in [2.45, 2.75) is 36.4 Å². The maximum atomic E-state index is 12.8. The van der Waals surface area contributed by atoms with Gasteiger partial charge in [0.25, 0.3) is 10.1 Å². The van der Waals surface area contributed by atoms with E-state index in [1.165, 1.54) is 18.5 Å². The zero-order chi connectivity index (χ0) is 24.9. The summed E-state index contributed by atoms with van der Waals surface area (Å²) in [4.78, 5) is 12.7. The van der Waals surface area contributed by atoms with Gasteiger partial charge in [-0.1, -0.05) is 48.0 Å². The van der Waals surface area contributed by atoms with Gasteiger partial charge in [0, 0.05) is 0 Å². The number of hydrogen-bond donors (Lipinski definition) is 1. The molecule has 184 valence electrons. The molecule has 4 heterocycles. The number of anilines is 1. The lowest BCUT2D eigenvalue weighted by molar-refractivity contribution is -0.0525. The van der Waals surface area contributed by atoms with Gasteiger partial charge < -0.3 is 19.8 Å². The number of nitrogens with zero attached hydrogens (tertiary/aromatic N) is 4. The van der Waals surface area contributed by atoms with Crippen molar-refractivity contribution in [3.05, 3.63) is 72.8 Å². The molecule has 4 atom stereocenters. The average Bonchev–Trinajstić information content (AvgIpc) is 3.58. The van der Waals surface area contributed by atoms with Crippen LogP contribution in [0.4, 0.5) is 5.82 Å². The van der Waals surface area contributed by atoms with Crippen LogP contribution in [0.5, 0.6) is 0 Å². The highest BCUT2D eigenvalue weighted by Gasteiger charge is 2.55. The molecule has 0 radical (unpaired) electrons. The summed E-state index contributed by atoms with van der Waals surface area (Å²) in [5.41, 5.74) is 8.62. The Balaban J connectivity index is 1.29. The zero-order valence-corrected chi connectivity index (χ0v) is 20.0. The van der Waals surface area contributed by atoms with Gasteiger partial charge in [-0.15, -0.1) is 0 Å². The molecular formula is C23H22BN5O6S. The summed E-state index contributed by atoms with van der Waals surface area (Å²) in [6.07, 6.45) is 0.243. The first-order valence-electron chi connectivity index (χ1n) is 11.3. The maximum Gasteiger partial charge on any atom is 0.494 e. The largest absolute Gasteiger partial charge is 0.494 e. The first-order chi connectivity index (χ1) is 17.4. The number of fused-ring (bicyclic) bond motifs is 2. The van der Waals surface area contributed by atoms with Crippen LogP contribution in [-0.4, -0.2) is 60.0 Å². The molecule has 4 aromatic rings. The Hall–Kier alpha value is -3.36. The molecule has 0 aliphatic carbocycles.